The van der Waals surface area contributed by atoms with E-state index in [2.05, 4.69) is 15.2 Å². The molecular formula is C23H23ClN4O2S. The minimum Gasteiger partial charge on any atom is -0.369 e. The zero-order chi connectivity index (χ0) is 21.8. The average molecular weight is 455 g/mol. The number of piperidine rings is 1. The van der Waals surface area contributed by atoms with Gasteiger partial charge < -0.3 is 11.1 Å². The molecule has 31 heavy (non-hydrogen) atoms. The van der Waals surface area contributed by atoms with Crippen LogP contribution >= 0.6 is 22.9 Å². The molecule has 6 nitrogen and oxygen atoms in total. The number of likely N-dealkylation sites (tertiary alicyclic amines) is 1. The highest BCUT2D eigenvalue weighted by atomic mass is 35.5. The van der Waals surface area contributed by atoms with Gasteiger partial charge in [-0.3, -0.25) is 14.5 Å². The summed E-state index contributed by atoms with van der Waals surface area (Å²) in [5.74, 6) is -0.619. The van der Waals surface area contributed by atoms with Gasteiger partial charge in [-0.2, -0.15) is 0 Å². The van der Waals surface area contributed by atoms with Gasteiger partial charge in [0.05, 0.1) is 5.92 Å². The van der Waals surface area contributed by atoms with E-state index in [-0.39, 0.29) is 17.7 Å². The predicted octanol–water partition coefficient (Wildman–Crippen LogP) is 4.41. The van der Waals surface area contributed by atoms with Crippen molar-refractivity contribution in [2.75, 3.05) is 18.4 Å². The Morgan fingerprint density at radius 3 is 2.87 bits per heavy atom. The molecule has 160 valence electrons. The van der Waals surface area contributed by atoms with Gasteiger partial charge in [-0.1, -0.05) is 41.9 Å². The third-order valence-electron chi connectivity index (χ3n) is 5.38. The number of halogens is 1. The third-order valence-corrected chi connectivity index (χ3v) is 6.50. The van der Waals surface area contributed by atoms with Crippen LogP contribution in [0.2, 0.25) is 5.02 Å². The molecule has 2 aromatic carbocycles. The average Bonchev–Trinajstić information content (AvgIpc) is 3.26. The van der Waals surface area contributed by atoms with Crippen LogP contribution in [-0.4, -0.2) is 34.8 Å². The Morgan fingerprint density at radius 1 is 1.23 bits per heavy atom. The molecule has 2 heterocycles. The van der Waals surface area contributed by atoms with Crippen molar-refractivity contribution in [3.63, 3.8) is 0 Å². The maximum Gasteiger partial charge on any atom is 0.275 e. The molecule has 1 atom stereocenters. The summed E-state index contributed by atoms with van der Waals surface area (Å²) in [6.07, 6.45) is 1.77. The second kappa shape index (κ2) is 9.60. The Bertz CT molecular complexity index is 1100. The Labute approximate surface area is 190 Å². The first-order valence-corrected chi connectivity index (χ1v) is 11.4. The molecule has 0 aliphatic carbocycles. The summed E-state index contributed by atoms with van der Waals surface area (Å²) in [5.41, 5.74) is 8.48. The number of aromatic nitrogens is 1. The van der Waals surface area contributed by atoms with Gasteiger partial charge in [0.1, 0.15) is 10.7 Å². The molecule has 1 fully saturated rings. The molecule has 1 unspecified atom stereocenters. The molecule has 1 saturated heterocycles. The number of hydrogen-bond donors (Lipinski definition) is 2. The lowest BCUT2D eigenvalue weighted by Gasteiger charge is -2.31. The van der Waals surface area contributed by atoms with Crippen LogP contribution in [0, 0.1) is 5.92 Å². The number of carbonyl (C=O) groups is 2. The van der Waals surface area contributed by atoms with Gasteiger partial charge in [-0.15, -0.1) is 11.3 Å². The number of benzene rings is 2. The molecule has 0 radical (unpaired) electrons. The van der Waals surface area contributed by atoms with E-state index in [0.717, 1.165) is 41.2 Å². The summed E-state index contributed by atoms with van der Waals surface area (Å²) >= 11 is 7.47. The van der Waals surface area contributed by atoms with Crippen LogP contribution in [0.5, 0.6) is 0 Å². The van der Waals surface area contributed by atoms with Crippen LogP contribution in [0.4, 0.5) is 5.69 Å². The van der Waals surface area contributed by atoms with Crippen LogP contribution in [-0.2, 0) is 11.3 Å². The fraction of sp³-hybridized carbons (Fsp3) is 0.261. The van der Waals surface area contributed by atoms with Crippen molar-refractivity contribution in [2.24, 2.45) is 11.7 Å². The van der Waals surface area contributed by atoms with Gasteiger partial charge in [0.15, 0.2) is 0 Å². The fourth-order valence-electron chi connectivity index (χ4n) is 3.77. The first-order valence-electron chi connectivity index (χ1n) is 10.1. The van der Waals surface area contributed by atoms with Crippen molar-refractivity contribution in [3.05, 3.63) is 70.2 Å². The second-order valence-corrected chi connectivity index (χ2v) is 8.93. The first-order chi connectivity index (χ1) is 15.0. The van der Waals surface area contributed by atoms with Gasteiger partial charge in [0, 0.05) is 34.7 Å². The number of amides is 2. The number of primary amides is 1. The number of hydrogen-bond acceptors (Lipinski definition) is 5. The van der Waals surface area contributed by atoms with E-state index < -0.39 is 0 Å². The topological polar surface area (TPSA) is 88.3 Å². The lowest BCUT2D eigenvalue weighted by molar-refractivity contribution is -0.123. The van der Waals surface area contributed by atoms with Crippen molar-refractivity contribution in [1.82, 2.24) is 9.88 Å². The third kappa shape index (κ3) is 5.31. The molecular weight excluding hydrogens is 432 g/mol. The molecule has 3 aromatic rings. The molecule has 3 N–H and O–H groups in total. The van der Waals surface area contributed by atoms with E-state index in [1.54, 1.807) is 11.4 Å². The van der Waals surface area contributed by atoms with Crippen LogP contribution in [0.1, 0.15) is 28.9 Å². The molecule has 2 amide bonds. The molecule has 0 bridgehead atoms. The molecule has 8 heteroatoms. The number of nitrogens with one attached hydrogen (secondary N) is 1. The largest absolute Gasteiger partial charge is 0.369 e. The summed E-state index contributed by atoms with van der Waals surface area (Å²) in [7, 11) is 0. The number of para-hydroxylation sites is 1. The van der Waals surface area contributed by atoms with Crippen molar-refractivity contribution in [3.8, 4) is 10.6 Å². The number of anilines is 1. The highest BCUT2D eigenvalue weighted by Crippen LogP contribution is 2.27. The lowest BCUT2D eigenvalue weighted by atomic mass is 9.97. The summed E-state index contributed by atoms with van der Waals surface area (Å²) in [4.78, 5) is 31.1. The highest BCUT2D eigenvalue weighted by molar-refractivity contribution is 7.13. The molecule has 1 aliphatic rings. The maximum absolute atomic E-state index is 12.8. The smallest absolute Gasteiger partial charge is 0.275 e. The Morgan fingerprint density at radius 2 is 2.06 bits per heavy atom. The summed E-state index contributed by atoms with van der Waals surface area (Å²) in [5, 5.41) is 6.10. The van der Waals surface area contributed by atoms with Crippen LogP contribution in [0.3, 0.4) is 0 Å². The monoisotopic (exact) mass is 454 g/mol. The second-order valence-electron chi connectivity index (χ2n) is 7.64. The van der Waals surface area contributed by atoms with Crippen molar-refractivity contribution in [2.45, 2.75) is 19.4 Å². The lowest BCUT2D eigenvalue weighted by Crippen LogP contribution is -2.40. The number of carbonyl (C=O) groups excluding carboxylic acids is 2. The summed E-state index contributed by atoms with van der Waals surface area (Å²) in [6.45, 7) is 2.19. The first kappa shape index (κ1) is 21.5. The van der Waals surface area contributed by atoms with Gasteiger partial charge in [0.25, 0.3) is 5.91 Å². The summed E-state index contributed by atoms with van der Waals surface area (Å²) in [6, 6.07) is 15.1. The van der Waals surface area contributed by atoms with Gasteiger partial charge in [0.2, 0.25) is 5.91 Å². The highest BCUT2D eigenvalue weighted by Gasteiger charge is 2.24. The minimum atomic E-state index is -0.259. The number of nitrogens with zero attached hydrogens (tertiary/aromatic N) is 2. The number of rotatable bonds is 6. The van der Waals surface area contributed by atoms with Gasteiger partial charge in [-0.25, -0.2) is 4.98 Å². The maximum atomic E-state index is 12.8. The van der Waals surface area contributed by atoms with E-state index >= 15 is 0 Å². The van der Waals surface area contributed by atoms with E-state index in [9.17, 15) is 9.59 Å². The Hall–Kier alpha value is -2.74. The van der Waals surface area contributed by atoms with Crippen LogP contribution in [0.25, 0.3) is 10.6 Å². The number of nitrogens with two attached hydrogens (primary N) is 1. The SMILES string of the molecule is NC(=O)C1CCCN(Cc2ccccc2NC(=O)c2csc(-c3cccc(Cl)c3)n2)C1. The van der Waals surface area contributed by atoms with Gasteiger partial charge in [-0.05, 0) is 43.1 Å². The molecule has 1 aliphatic heterocycles. The zero-order valence-corrected chi connectivity index (χ0v) is 18.5. The van der Waals surface area contributed by atoms with Crippen molar-refractivity contribution in [1.29, 1.82) is 0 Å². The van der Waals surface area contributed by atoms with Gasteiger partial charge >= 0.3 is 0 Å². The van der Waals surface area contributed by atoms with Crippen LogP contribution < -0.4 is 11.1 Å². The fourth-order valence-corrected chi connectivity index (χ4v) is 4.76. The normalized spacial score (nSPS) is 16.7. The van der Waals surface area contributed by atoms with Crippen molar-refractivity contribution < 1.29 is 9.59 Å². The molecule has 0 saturated carbocycles. The molecule has 4 rings (SSSR count). The Balaban J connectivity index is 1.46. The number of thiazole rings is 1. The van der Waals surface area contributed by atoms with Crippen LogP contribution in [0.15, 0.2) is 53.9 Å². The molecule has 0 spiro atoms. The Kier molecular flexibility index (Phi) is 6.65. The zero-order valence-electron chi connectivity index (χ0n) is 16.9. The standard InChI is InChI=1S/C23H23ClN4O2S/c24-18-8-3-6-15(11-18)23-27-20(14-31-23)22(30)26-19-9-2-1-5-16(19)12-28-10-4-7-17(13-28)21(25)29/h1-3,5-6,8-9,11,14,17H,4,7,10,12-13H2,(H2,25,29)(H,26,30). The quantitative estimate of drug-likeness (QED) is 0.577. The van der Waals surface area contributed by atoms with E-state index in [0.29, 0.717) is 23.8 Å². The molecule has 1 aromatic heterocycles. The van der Waals surface area contributed by atoms with E-state index in [1.807, 2.05) is 42.5 Å². The predicted molar refractivity (Wildman–Crippen MR) is 124 cm³/mol. The van der Waals surface area contributed by atoms with Crippen molar-refractivity contribution >= 4 is 40.4 Å². The summed E-state index contributed by atoms with van der Waals surface area (Å²) < 4.78 is 0. The minimum absolute atomic E-state index is 0.115. The van der Waals surface area contributed by atoms with E-state index in [1.165, 1.54) is 11.3 Å². The van der Waals surface area contributed by atoms with E-state index in [4.69, 9.17) is 17.3 Å².